The Morgan fingerprint density at radius 2 is 1.89 bits per heavy atom. The first kappa shape index (κ1) is 12.0. The molecule has 19 heavy (non-hydrogen) atoms. The molecule has 0 N–H and O–H groups in total. The van der Waals surface area contributed by atoms with Crippen LogP contribution < -0.4 is 4.40 Å². The van der Waals surface area contributed by atoms with E-state index in [9.17, 15) is 10.1 Å². The minimum Gasteiger partial charge on any atom is -0.421 e. The van der Waals surface area contributed by atoms with Crippen molar-refractivity contribution in [3.05, 3.63) is 58.8 Å². The zero-order chi connectivity index (χ0) is 13.4. The van der Waals surface area contributed by atoms with Crippen molar-refractivity contribution >= 4 is 34.5 Å². The molecule has 1 aromatic carbocycles. The number of hydrogen-bond donors (Lipinski definition) is 0. The third-order valence-corrected chi connectivity index (χ3v) is 4.17. The van der Waals surface area contributed by atoms with Crippen molar-refractivity contribution in [1.29, 1.82) is 0 Å². The van der Waals surface area contributed by atoms with Crippen LogP contribution in [-0.4, -0.2) is 4.92 Å². The van der Waals surface area contributed by atoms with Gasteiger partial charge in [0.05, 0.1) is 4.92 Å². The summed E-state index contributed by atoms with van der Waals surface area (Å²) in [6.07, 6.45) is 1.94. The fraction of sp³-hybridized carbons (Fsp3) is 0. The van der Waals surface area contributed by atoms with E-state index >= 15 is 0 Å². The molecule has 0 atom stereocenters. The van der Waals surface area contributed by atoms with E-state index < -0.39 is 4.92 Å². The number of benzene rings is 1. The lowest BCUT2D eigenvalue weighted by molar-refractivity contribution is -0.496. The van der Waals surface area contributed by atoms with Crippen molar-refractivity contribution in [2.45, 2.75) is 4.21 Å². The van der Waals surface area contributed by atoms with Crippen LogP contribution in [0, 0.1) is 10.1 Å². The lowest BCUT2D eigenvalue weighted by atomic mass is 10.1. The Labute approximate surface area is 118 Å². The van der Waals surface area contributed by atoms with Gasteiger partial charge in [0.15, 0.2) is 11.0 Å². The average Bonchev–Trinajstić information content (AvgIpc) is 2.74. The van der Waals surface area contributed by atoms with E-state index in [2.05, 4.69) is 0 Å². The number of thiazole rings is 1. The summed E-state index contributed by atoms with van der Waals surface area (Å²) in [5, 5.41) is 10.7. The van der Waals surface area contributed by atoms with Gasteiger partial charge in [-0.05, 0) is 16.3 Å². The predicted octanol–water partition coefficient (Wildman–Crippen LogP) is 2.97. The van der Waals surface area contributed by atoms with E-state index in [0.717, 1.165) is 20.3 Å². The Hall–Kier alpha value is -2.05. The Kier molecular flexibility index (Phi) is 2.88. The first-order valence-electron chi connectivity index (χ1n) is 5.52. The number of fused-ring (bicyclic) bond motifs is 1. The van der Waals surface area contributed by atoms with Gasteiger partial charge in [-0.15, -0.1) is 0 Å². The van der Waals surface area contributed by atoms with Gasteiger partial charge in [-0.3, -0.25) is 21.5 Å². The van der Waals surface area contributed by atoms with Gasteiger partial charge in [0.2, 0.25) is 5.69 Å². The number of hydrogen-bond acceptors (Lipinski definition) is 4. The van der Waals surface area contributed by atoms with Gasteiger partial charge in [-0.1, -0.05) is 6.07 Å². The molecule has 0 radical (unpaired) electrons. The molecule has 0 amide bonds. The molecule has 0 saturated carbocycles. The Balaban J connectivity index is 2.18. The molecular weight excluding hydrogens is 280 g/mol. The minimum atomic E-state index is -0.406. The number of nitrogens with zero attached hydrogens (tertiary/aromatic N) is 2. The molecule has 0 spiro atoms. The molecule has 4 nitrogen and oxygen atoms in total. The maximum absolute atomic E-state index is 10.7. The van der Waals surface area contributed by atoms with Crippen LogP contribution in [0.3, 0.4) is 0 Å². The Morgan fingerprint density at radius 1 is 1.16 bits per heavy atom. The van der Waals surface area contributed by atoms with E-state index in [1.807, 2.05) is 28.8 Å². The molecule has 0 bridgehead atoms. The number of aromatic nitrogens is 1. The summed E-state index contributed by atoms with van der Waals surface area (Å²) in [5.41, 5.74) is 1.88. The van der Waals surface area contributed by atoms with Crippen LogP contribution in [0.4, 0.5) is 5.69 Å². The van der Waals surface area contributed by atoms with Crippen LogP contribution in [0.15, 0.2) is 52.9 Å². The number of nitro benzene ring substituents is 1. The highest BCUT2D eigenvalue weighted by molar-refractivity contribution is 7.63. The van der Waals surface area contributed by atoms with E-state index in [1.165, 1.54) is 23.5 Å². The van der Waals surface area contributed by atoms with E-state index in [1.54, 1.807) is 12.1 Å². The first-order valence-corrected chi connectivity index (χ1v) is 6.74. The Morgan fingerprint density at radius 3 is 2.58 bits per heavy atom. The molecule has 2 aromatic heterocycles. The average molecular weight is 288 g/mol. The predicted molar refractivity (Wildman–Crippen MR) is 75.2 cm³/mol. The summed E-state index contributed by atoms with van der Waals surface area (Å²) < 4.78 is 2.79. The molecule has 94 valence electrons. The molecule has 0 unspecified atom stereocenters. The van der Waals surface area contributed by atoms with Gasteiger partial charge < -0.3 is 12.6 Å². The summed E-state index contributed by atoms with van der Waals surface area (Å²) in [7, 11) is 0. The van der Waals surface area contributed by atoms with E-state index in [0.29, 0.717) is 0 Å². The molecule has 0 fully saturated rings. The summed E-state index contributed by atoms with van der Waals surface area (Å²) in [6, 6.07) is 12.3. The number of rotatable bonds is 2. The fourth-order valence-corrected chi connectivity index (χ4v) is 3.31. The fourth-order valence-electron chi connectivity index (χ4n) is 1.93. The Bertz CT molecular complexity index is 766. The van der Waals surface area contributed by atoms with Crippen molar-refractivity contribution in [2.24, 2.45) is 0 Å². The SMILES string of the molecule is O=[N+]([O-])c1ccc(-c2c([S-])sc3cccc[n+]23)cc1. The number of non-ortho nitro benzene ring substituents is 1. The van der Waals surface area contributed by atoms with Crippen LogP contribution in [0.2, 0.25) is 0 Å². The highest BCUT2D eigenvalue weighted by Crippen LogP contribution is 2.28. The molecular formula is C13H8N2O2S2. The van der Waals surface area contributed by atoms with Crippen LogP contribution in [0.5, 0.6) is 0 Å². The van der Waals surface area contributed by atoms with Crippen molar-refractivity contribution < 1.29 is 9.32 Å². The van der Waals surface area contributed by atoms with Crippen molar-refractivity contribution in [1.82, 2.24) is 0 Å². The van der Waals surface area contributed by atoms with Gasteiger partial charge in [0.25, 0.3) is 5.69 Å². The molecule has 2 heterocycles. The molecule has 0 saturated heterocycles. The highest BCUT2D eigenvalue weighted by Gasteiger charge is 2.15. The molecule has 0 aliphatic carbocycles. The third-order valence-electron chi connectivity index (χ3n) is 2.81. The second kappa shape index (κ2) is 4.56. The molecule has 0 aliphatic heterocycles. The van der Waals surface area contributed by atoms with E-state index in [4.69, 9.17) is 12.6 Å². The van der Waals surface area contributed by atoms with Gasteiger partial charge >= 0.3 is 0 Å². The topological polar surface area (TPSA) is 47.2 Å². The summed E-state index contributed by atoms with van der Waals surface area (Å²) in [4.78, 5) is 11.3. The van der Waals surface area contributed by atoms with Crippen LogP contribution in [0.1, 0.15) is 0 Å². The summed E-state index contributed by atoms with van der Waals surface area (Å²) >= 11 is 6.91. The zero-order valence-corrected chi connectivity index (χ0v) is 11.3. The lowest BCUT2D eigenvalue weighted by Crippen LogP contribution is -2.20. The standard InChI is InChI=1S/C13H8N2O2S2/c16-15(17)10-6-4-9(5-7-10)12-13(18)19-11-3-1-2-8-14(11)12/h1-8H. The molecule has 3 aromatic rings. The smallest absolute Gasteiger partial charge is 0.269 e. The largest absolute Gasteiger partial charge is 0.421 e. The first-order chi connectivity index (χ1) is 9.16. The lowest BCUT2D eigenvalue weighted by Gasteiger charge is -1.99. The maximum atomic E-state index is 10.7. The second-order valence-electron chi connectivity index (χ2n) is 3.95. The van der Waals surface area contributed by atoms with Gasteiger partial charge in [-0.25, -0.2) is 0 Å². The van der Waals surface area contributed by atoms with Crippen molar-refractivity contribution in [3.8, 4) is 11.3 Å². The highest BCUT2D eigenvalue weighted by atomic mass is 32.2. The molecule has 6 heteroatoms. The summed E-state index contributed by atoms with van der Waals surface area (Å²) in [5.74, 6) is 0. The minimum absolute atomic E-state index is 0.0826. The van der Waals surface area contributed by atoms with Crippen LogP contribution in [0.25, 0.3) is 16.1 Å². The quantitative estimate of drug-likeness (QED) is 0.315. The van der Waals surface area contributed by atoms with Gasteiger partial charge in [0, 0.05) is 29.8 Å². The van der Waals surface area contributed by atoms with Crippen LogP contribution >= 0.6 is 11.3 Å². The second-order valence-corrected chi connectivity index (χ2v) is 5.65. The molecule has 3 rings (SSSR count). The molecule has 0 aliphatic rings. The maximum Gasteiger partial charge on any atom is 0.269 e. The monoisotopic (exact) mass is 288 g/mol. The van der Waals surface area contributed by atoms with Crippen LogP contribution in [-0.2, 0) is 12.6 Å². The normalized spacial score (nSPS) is 10.7. The van der Waals surface area contributed by atoms with Gasteiger partial charge in [-0.2, -0.15) is 4.40 Å². The van der Waals surface area contributed by atoms with E-state index in [-0.39, 0.29) is 5.69 Å². The third kappa shape index (κ3) is 2.05. The van der Waals surface area contributed by atoms with Crippen molar-refractivity contribution in [3.63, 3.8) is 0 Å². The summed E-state index contributed by atoms with van der Waals surface area (Å²) in [6.45, 7) is 0. The van der Waals surface area contributed by atoms with Crippen molar-refractivity contribution in [2.75, 3.05) is 0 Å². The van der Waals surface area contributed by atoms with Gasteiger partial charge in [0.1, 0.15) is 0 Å². The number of nitro groups is 1. The number of pyridine rings is 1. The zero-order valence-electron chi connectivity index (χ0n) is 9.65.